The molecule has 0 atom stereocenters. The van der Waals surface area contributed by atoms with Gasteiger partial charge in [-0.15, -0.1) is 0 Å². The van der Waals surface area contributed by atoms with E-state index in [2.05, 4.69) is 15.3 Å². The van der Waals surface area contributed by atoms with Crippen molar-refractivity contribution in [2.45, 2.75) is 13.5 Å². The average Bonchev–Trinajstić information content (AvgIpc) is 3.12. The number of aromatic amines is 1. The van der Waals surface area contributed by atoms with Gasteiger partial charge in [-0.05, 0) is 48.0 Å². The second kappa shape index (κ2) is 8.67. The van der Waals surface area contributed by atoms with Crippen LogP contribution in [0.5, 0.6) is 5.75 Å². The third kappa shape index (κ3) is 4.50. The van der Waals surface area contributed by atoms with Gasteiger partial charge in [-0.2, -0.15) is 14.9 Å². The van der Waals surface area contributed by atoms with E-state index < -0.39 is 0 Å². The Hall–Kier alpha value is -3.51. The lowest BCUT2D eigenvalue weighted by molar-refractivity contribution is 0.306. The summed E-state index contributed by atoms with van der Waals surface area (Å²) >= 11 is 5.36. The van der Waals surface area contributed by atoms with Gasteiger partial charge < -0.3 is 4.74 Å². The van der Waals surface area contributed by atoms with Gasteiger partial charge >= 0.3 is 0 Å². The van der Waals surface area contributed by atoms with Crippen molar-refractivity contribution in [1.29, 1.82) is 0 Å². The fourth-order valence-electron chi connectivity index (χ4n) is 2.95. The largest absolute Gasteiger partial charge is 0.489 e. The molecule has 0 saturated carbocycles. The summed E-state index contributed by atoms with van der Waals surface area (Å²) in [6.07, 6.45) is 1.75. The fourth-order valence-corrected chi connectivity index (χ4v) is 3.13. The van der Waals surface area contributed by atoms with Crippen LogP contribution < -0.4 is 4.74 Å². The minimum absolute atomic E-state index is 0.441. The molecule has 4 rings (SSSR count). The Kier molecular flexibility index (Phi) is 5.63. The fraction of sp³-hybridized carbons (Fsp3) is 0.0870. The molecule has 6 heteroatoms. The molecule has 0 aliphatic heterocycles. The van der Waals surface area contributed by atoms with Gasteiger partial charge in [0.15, 0.2) is 5.82 Å². The van der Waals surface area contributed by atoms with Gasteiger partial charge in [-0.1, -0.05) is 66.7 Å². The maximum atomic E-state index is 5.89. The minimum atomic E-state index is 0.441. The molecule has 0 radical (unpaired) electrons. The van der Waals surface area contributed by atoms with Crippen LogP contribution in [0.3, 0.4) is 0 Å². The molecule has 5 nitrogen and oxygen atoms in total. The molecule has 144 valence electrons. The highest BCUT2D eigenvalue weighted by Crippen LogP contribution is 2.21. The molecule has 0 amide bonds. The molecule has 4 aromatic rings. The van der Waals surface area contributed by atoms with Gasteiger partial charge in [0.25, 0.3) is 0 Å². The zero-order chi connectivity index (χ0) is 20.1. The van der Waals surface area contributed by atoms with Crippen LogP contribution in [-0.4, -0.2) is 21.1 Å². The summed E-state index contributed by atoms with van der Waals surface area (Å²) in [7, 11) is 0. The number of H-pyrrole nitrogens is 1. The Morgan fingerprint density at radius 1 is 1.03 bits per heavy atom. The molecule has 0 unspecified atom stereocenters. The molecule has 0 aliphatic carbocycles. The Balaban J connectivity index is 1.55. The van der Waals surface area contributed by atoms with Crippen molar-refractivity contribution < 1.29 is 4.74 Å². The highest BCUT2D eigenvalue weighted by atomic mass is 32.1. The van der Waals surface area contributed by atoms with Crippen LogP contribution in [0.2, 0.25) is 0 Å². The van der Waals surface area contributed by atoms with E-state index in [1.807, 2.05) is 85.8 Å². The lowest BCUT2D eigenvalue weighted by Crippen LogP contribution is -1.97. The summed E-state index contributed by atoms with van der Waals surface area (Å²) in [5, 5.41) is 11.7. The molecule has 1 heterocycles. The van der Waals surface area contributed by atoms with E-state index in [4.69, 9.17) is 17.0 Å². The van der Waals surface area contributed by atoms with E-state index in [0.717, 1.165) is 28.0 Å². The minimum Gasteiger partial charge on any atom is -0.489 e. The van der Waals surface area contributed by atoms with Crippen molar-refractivity contribution in [2.24, 2.45) is 5.10 Å². The molecule has 0 spiro atoms. The third-order valence-electron chi connectivity index (χ3n) is 4.47. The second-order valence-corrected chi connectivity index (χ2v) is 6.96. The molecule has 0 aliphatic rings. The van der Waals surface area contributed by atoms with Crippen LogP contribution in [0, 0.1) is 11.7 Å². The number of ether oxygens (including phenoxy) is 1. The van der Waals surface area contributed by atoms with E-state index in [1.54, 1.807) is 10.9 Å². The number of hydrogen-bond acceptors (Lipinski definition) is 4. The summed E-state index contributed by atoms with van der Waals surface area (Å²) in [5.74, 6) is 1.47. The molecule has 0 saturated heterocycles. The normalized spacial score (nSPS) is 11.1. The molecule has 1 N–H and O–H groups in total. The summed E-state index contributed by atoms with van der Waals surface area (Å²) in [5.41, 5.74) is 4.12. The SMILES string of the molecule is Cc1ccccc1-c1n[nH]c(=S)n1/N=C\c1cccc(OCc2ccccc2)c1. The van der Waals surface area contributed by atoms with E-state index in [0.29, 0.717) is 17.2 Å². The van der Waals surface area contributed by atoms with Crippen LogP contribution in [0.25, 0.3) is 11.4 Å². The van der Waals surface area contributed by atoms with Crippen LogP contribution in [-0.2, 0) is 6.61 Å². The molecular formula is C23H20N4OS. The lowest BCUT2D eigenvalue weighted by atomic mass is 10.1. The van der Waals surface area contributed by atoms with Crippen molar-refractivity contribution in [2.75, 3.05) is 0 Å². The molecular weight excluding hydrogens is 380 g/mol. The van der Waals surface area contributed by atoms with Gasteiger partial charge in [0, 0.05) is 5.56 Å². The molecule has 29 heavy (non-hydrogen) atoms. The number of aromatic nitrogens is 3. The first kappa shape index (κ1) is 18.8. The molecule has 1 aromatic heterocycles. The number of nitrogens with one attached hydrogen (secondary N) is 1. The first-order valence-electron chi connectivity index (χ1n) is 9.25. The predicted molar refractivity (Wildman–Crippen MR) is 118 cm³/mol. The van der Waals surface area contributed by atoms with E-state index in [9.17, 15) is 0 Å². The number of aryl methyl sites for hydroxylation is 1. The summed E-state index contributed by atoms with van der Waals surface area (Å²) in [6, 6.07) is 25.9. The van der Waals surface area contributed by atoms with Crippen molar-refractivity contribution in [3.8, 4) is 17.1 Å². The highest BCUT2D eigenvalue weighted by molar-refractivity contribution is 7.71. The average molecular weight is 401 g/mol. The van der Waals surface area contributed by atoms with Gasteiger partial charge in [0.05, 0.1) is 6.21 Å². The monoisotopic (exact) mass is 400 g/mol. The topological polar surface area (TPSA) is 55.2 Å². The zero-order valence-corrected chi connectivity index (χ0v) is 16.8. The van der Waals surface area contributed by atoms with Crippen LogP contribution in [0.1, 0.15) is 16.7 Å². The van der Waals surface area contributed by atoms with Gasteiger partial charge in [-0.25, -0.2) is 5.10 Å². The zero-order valence-electron chi connectivity index (χ0n) is 15.9. The summed E-state index contributed by atoms with van der Waals surface area (Å²) in [6.45, 7) is 2.56. The summed E-state index contributed by atoms with van der Waals surface area (Å²) < 4.78 is 7.97. The Bertz CT molecular complexity index is 1190. The number of nitrogens with zero attached hydrogens (tertiary/aromatic N) is 3. The highest BCUT2D eigenvalue weighted by Gasteiger charge is 2.10. The van der Waals surface area contributed by atoms with Crippen molar-refractivity contribution >= 4 is 18.4 Å². The molecule has 0 fully saturated rings. The van der Waals surface area contributed by atoms with Gasteiger partial charge in [0.2, 0.25) is 4.77 Å². The van der Waals surface area contributed by atoms with Gasteiger partial charge in [-0.3, -0.25) is 0 Å². The maximum Gasteiger partial charge on any atom is 0.216 e. The quantitative estimate of drug-likeness (QED) is 0.349. The first-order chi connectivity index (χ1) is 14.2. The van der Waals surface area contributed by atoms with Crippen LogP contribution in [0.4, 0.5) is 0 Å². The third-order valence-corrected chi connectivity index (χ3v) is 4.73. The van der Waals surface area contributed by atoms with E-state index >= 15 is 0 Å². The van der Waals surface area contributed by atoms with Crippen LogP contribution >= 0.6 is 12.2 Å². The van der Waals surface area contributed by atoms with Crippen molar-refractivity contribution in [3.63, 3.8) is 0 Å². The first-order valence-corrected chi connectivity index (χ1v) is 9.66. The predicted octanol–water partition coefficient (Wildman–Crippen LogP) is 5.38. The van der Waals surface area contributed by atoms with E-state index in [1.165, 1.54) is 0 Å². The lowest BCUT2D eigenvalue weighted by Gasteiger charge is -2.07. The van der Waals surface area contributed by atoms with Crippen LogP contribution in [0.15, 0.2) is 84.0 Å². The Labute approximate surface area is 174 Å². The Morgan fingerprint density at radius 3 is 2.66 bits per heavy atom. The maximum absolute atomic E-state index is 5.89. The van der Waals surface area contributed by atoms with Crippen molar-refractivity contribution in [3.05, 3.63) is 100 Å². The van der Waals surface area contributed by atoms with Gasteiger partial charge in [0.1, 0.15) is 12.4 Å². The number of benzene rings is 3. The Morgan fingerprint density at radius 2 is 1.83 bits per heavy atom. The number of hydrogen-bond donors (Lipinski definition) is 1. The van der Waals surface area contributed by atoms with Crippen molar-refractivity contribution in [1.82, 2.24) is 14.9 Å². The molecule has 3 aromatic carbocycles. The molecule has 0 bridgehead atoms. The number of rotatable bonds is 6. The summed E-state index contributed by atoms with van der Waals surface area (Å²) in [4.78, 5) is 0. The second-order valence-electron chi connectivity index (χ2n) is 6.57. The standard InChI is InChI=1S/C23H20N4OS/c1-17-8-5-6-13-21(17)22-25-26-23(29)27(22)24-15-19-11-7-12-20(14-19)28-16-18-9-3-2-4-10-18/h2-15H,16H2,1H3,(H,26,29)/b24-15-. The smallest absolute Gasteiger partial charge is 0.216 e. The van der Waals surface area contributed by atoms with E-state index in [-0.39, 0.29) is 0 Å².